The summed E-state index contributed by atoms with van der Waals surface area (Å²) in [6.07, 6.45) is -0.322. The molecule has 0 spiro atoms. The number of halogens is 2. The van der Waals surface area contributed by atoms with Gasteiger partial charge in [0, 0.05) is 30.3 Å². The Hall–Kier alpha value is -3.36. The molecule has 2 aliphatic heterocycles. The molecule has 1 saturated heterocycles. The van der Waals surface area contributed by atoms with Crippen LogP contribution in [0.1, 0.15) is 27.1 Å². The molecule has 0 aliphatic carbocycles. The highest BCUT2D eigenvalue weighted by molar-refractivity contribution is 5.96. The number of anilines is 2. The van der Waals surface area contributed by atoms with E-state index in [9.17, 15) is 18.4 Å². The lowest BCUT2D eigenvalue weighted by atomic mass is 10.1. The smallest absolute Gasteiger partial charge is 0.341 e. The Labute approximate surface area is 171 Å². The van der Waals surface area contributed by atoms with Crippen molar-refractivity contribution in [3.05, 3.63) is 47.5 Å². The Morgan fingerprint density at radius 2 is 1.93 bits per heavy atom. The number of methoxy groups -OCH3 is 2. The minimum atomic E-state index is -2.84. The summed E-state index contributed by atoms with van der Waals surface area (Å²) >= 11 is 0. The fraction of sp³-hybridized carbons (Fsp3) is 0.333. The second-order valence-corrected chi connectivity index (χ2v) is 7.09. The van der Waals surface area contributed by atoms with Gasteiger partial charge in [0.05, 0.1) is 26.5 Å². The maximum Gasteiger partial charge on any atom is 0.341 e. The Morgan fingerprint density at radius 1 is 1.13 bits per heavy atom. The van der Waals surface area contributed by atoms with Gasteiger partial charge in [0.25, 0.3) is 11.8 Å². The summed E-state index contributed by atoms with van der Waals surface area (Å²) in [5, 5.41) is 0. The predicted octanol–water partition coefficient (Wildman–Crippen LogP) is 3.45. The summed E-state index contributed by atoms with van der Waals surface area (Å²) in [7, 11) is 2.75. The number of fused-ring (bicyclic) bond motifs is 1. The van der Waals surface area contributed by atoms with Crippen molar-refractivity contribution < 1.29 is 32.6 Å². The zero-order valence-electron chi connectivity index (χ0n) is 16.5. The first-order valence-corrected chi connectivity index (χ1v) is 9.31. The molecule has 0 atom stereocenters. The molecule has 30 heavy (non-hydrogen) atoms. The molecule has 9 heteroatoms. The van der Waals surface area contributed by atoms with E-state index in [4.69, 9.17) is 14.2 Å². The van der Waals surface area contributed by atoms with Gasteiger partial charge in [-0.3, -0.25) is 4.79 Å². The van der Waals surface area contributed by atoms with Gasteiger partial charge in [-0.15, -0.1) is 0 Å². The molecular weight excluding hydrogens is 398 g/mol. The fourth-order valence-corrected chi connectivity index (χ4v) is 3.62. The summed E-state index contributed by atoms with van der Waals surface area (Å²) in [5.74, 6) is -2.96. The molecule has 0 saturated carbocycles. The Balaban J connectivity index is 1.58. The molecule has 0 unspecified atom stereocenters. The van der Waals surface area contributed by atoms with Crippen molar-refractivity contribution in [1.82, 2.24) is 4.90 Å². The van der Waals surface area contributed by atoms with E-state index >= 15 is 0 Å². The molecular formula is C21H20F2N2O5. The summed E-state index contributed by atoms with van der Waals surface area (Å²) in [6, 6.07) is 9.90. The maximum absolute atomic E-state index is 13.4. The second kappa shape index (κ2) is 7.47. The number of carbonyl (C=O) groups is 2. The summed E-state index contributed by atoms with van der Waals surface area (Å²) < 4.78 is 42.6. The number of nitrogens with zero attached hydrogens (tertiary/aromatic N) is 2. The molecule has 1 fully saturated rings. The van der Waals surface area contributed by atoms with Crippen LogP contribution in [0.25, 0.3) is 0 Å². The van der Waals surface area contributed by atoms with E-state index in [-0.39, 0.29) is 19.7 Å². The number of amides is 1. The van der Waals surface area contributed by atoms with Gasteiger partial charge in [0.15, 0.2) is 6.73 Å². The summed E-state index contributed by atoms with van der Waals surface area (Å²) in [4.78, 5) is 27.4. The number of carbonyl (C=O) groups excluding carboxylic acids is 2. The molecule has 1 amide bonds. The highest BCUT2D eigenvalue weighted by Gasteiger charge is 2.40. The van der Waals surface area contributed by atoms with E-state index in [0.29, 0.717) is 28.3 Å². The van der Waals surface area contributed by atoms with E-state index in [1.165, 1.54) is 14.2 Å². The van der Waals surface area contributed by atoms with E-state index in [1.54, 1.807) is 36.4 Å². The van der Waals surface area contributed by atoms with E-state index in [2.05, 4.69) is 0 Å². The molecule has 4 rings (SSSR count). The van der Waals surface area contributed by atoms with Gasteiger partial charge >= 0.3 is 5.97 Å². The largest absolute Gasteiger partial charge is 0.496 e. The van der Waals surface area contributed by atoms with Crippen molar-refractivity contribution in [3.8, 4) is 11.5 Å². The van der Waals surface area contributed by atoms with Crippen LogP contribution in [0.4, 0.5) is 20.2 Å². The van der Waals surface area contributed by atoms with Crippen molar-refractivity contribution in [2.45, 2.75) is 12.3 Å². The predicted molar refractivity (Wildman–Crippen MR) is 104 cm³/mol. The Bertz CT molecular complexity index is 1010. The molecule has 2 aromatic rings. The minimum Gasteiger partial charge on any atom is -0.496 e. The third-order valence-electron chi connectivity index (χ3n) is 5.21. The van der Waals surface area contributed by atoms with Crippen LogP contribution in [0.2, 0.25) is 0 Å². The topological polar surface area (TPSA) is 68.3 Å². The molecule has 0 bridgehead atoms. The Morgan fingerprint density at radius 3 is 2.60 bits per heavy atom. The molecule has 2 aliphatic rings. The first kappa shape index (κ1) is 19.9. The van der Waals surface area contributed by atoms with Crippen molar-refractivity contribution >= 4 is 23.3 Å². The van der Waals surface area contributed by atoms with Crippen LogP contribution in [0, 0.1) is 0 Å². The molecule has 0 radical (unpaired) electrons. The zero-order valence-corrected chi connectivity index (χ0v) is 16.5. The van der Waals surface area contributed by atoms with E-state index in [1.807, 2.05) is 4.90 Å². The normalized spacial score (nSPS) is 16.8. The van der Waals surface area contributed by atoms with E-state index in [0.717, 1.165) is 10.6 Å². The molecule has 2 heterocycles. The first-order chi connectivity index (χ1) is 14.3. The van der Waals surface area contributed by atoms with Crippen molar-refractivity contribution in [1.29, 1.82) is 0 Å². The first-order valence-electron chi connectivity index (χ1n) is 9.31. The SMILES string of the molecule is COC(=O)c1ccc(N2COc3cc(C(=O)N4CCC(F)(F)C4)ccc32)cc1OC. The number of benzene rings is 2. The maximum atomic E-state index is 13.4. The van der Waals surface area contributed by atoms with Crippen LogP contribution >= 0.6 is 0 Å². The number of likely N-dealkylation sites (tertiary alicyclic amines) is 1. The van der Waals surface area contributed by atoms with Gasteiger partial charge in [-0.25, -0.2) is 13.6 Å². The Kier molecular flexibility index (Phi) is 4.97. The highest BCUT2D eigenvalue weighted by atomic mass is 19.3. The van der Waals surface area contributed by atoms with Crippen molar-refractivity contribution in [2.24, 2.45) is 0 Å². The second-order valence-electron chi connectivity index (χ2n) is 7.09. The molecule has 158 valence electrons. The van der Waals surface area contributed by atoms with Gasteiger partial charge in [0.1, 0.15) is 17.1 Å². The van der Waals surface area contributed by atoms with Gasteiger partial charge in [-0.05, 0) is 30.3 Å². The quantitative estimate of drug-likeness (QED) is 0.709. The van der Waals surface area contributed by atoms with E-state index < -0.39 is 24.3 Å². The lowest BCUT2D eigenvalue weighted by molar-refractivity contribution is 0.0120. The number of hydrogen-bond acceptors (Lipinski definition) is 6. The third kappa shape index (κ3) is 3.51. The average Bonchev–Trinajstić information content (AvgIpc) is 3.34. The minimum absolute atomic E-state index is 0.0300. The highest BCUT2D eigenvalue weighted by Crippen LogP contribution is 2.41. The molecule has 0 N–H and O–H groups in total. The van der Waals surface area contributed by atoms with Crippen molar-refractivity contribution in [3.63, 3.8) is 0 Å². The van der Waals surface area contributed by atoms with Crippen LogP contribution in [0.5, 0.6) is 11.5 Å². The monoisotopic (exact) mass is 418 g/mol. The molecule has 7 nitrogen and oxygen atoms in total. The number of alkyl halides is 2. The van der Waals surface area contributed by atoms with Gasteiger partial charge in [-0.1, -0.05) is 0 Å². The van der Waals surface area contributed by atoms with Crippen LogP contribution in [0.3, 0.4) is 0 Å². The number of esters is 1. The summed E-state index contributed by atoms with van der Waals surface area (Å²) in [5.41, 5.74) is 2.03. The number of hydrogen-bond donors (Lipinski definition) is 0. The average molecular weight is 418 g/mol. The van der Waals surface area contributed by atoms with Crippen LogP contribution < -0.4 is 14.4 Å². The van der Waals surface area contributed by atoms with Gasteiger partial charge in [-0.2, -0.15) is 0 Å². The van der Waals surface area contributed by atoms with Gasteiger partial charge in [0.2, 0.25) is 0 Å². The summed E-state index contributed by atoms with van der Waals surface area (Å²) in [6.45, 7) is -0.347. The number of rotatable bonds is 4. The lowest BCUT2D eigenvalue weighted by Crippen LogP contribution is -2.31. The van der Waals surface area contributed by atoms with Gasteiger partial charge < -0.3 is 24.0 Å². The van der Waals surface area contributed by atoms with Crippen LogP contribution in [-0.2, 0) is 4.74 Å². The third-order valence-corrected chi connectivity index (χ3v) is 5.21. The van der Waals surface area contributed by atoms with Crippen LogP contribution in [-0.4, -0.2) is 56.7 Å². The van der Waals surface area contributed by atoms with Crippen LogP contribution in [0.15, 0.2) is 36.4 Å². The van der Waals surface area contributed by atoms with Crippen molar-refractivity contribution in [2.75, 3.05) is 38.9 Å². The lowest BCUT2D eigenvalue weighted by Gasteiger charge is -2.19. The number of ether oxygens (including phenoxy) is 3. The fourth-order valence-electron chi connectivity index (χ4n) is 3.62. The molecule has 2 aromatic carbocycles. The molecule has 0 aromatic heterocycles. The standard InChI is InChI=1S/C21H20F2N2O5/c1-28-17-10-14(4-5-15(17)20(27)29-2)25-12-30-18-9-13(3-6-16(18)25)19(26)24-8-7-21(22,23)11-24/h3-6,9-10H,7-8,11-12H2,1-2H3. The zero-order chi connectivity index (χ0) is 21.5.